The Morgan fingerprint density at radius 2 is 0.719 bits per heavy atom. The van der Waals surface area contributed by atoms with Gasteiger partial charge in [-0.2, -0.15) is 0 Å². The van der Waals surface area contributed by atoms with Gasteiger partial charge in [-0.05, 0) is 0 Å². The van der Waals surface area contributed by atoms with Crippen molar-refractivity contribution in [3.8, 4) is 0 Å². The summed E-state index contributed by atoms with van der Waals surface area (Å²) < 4.78 is 59.3. The van der Waals surface area contributed by atoms with Gasteiger partial charge in [0.2, 0.25) is 0 Å². The van der Waals surface area contributed by atoms with E-state index in [4.69, 9.17) is 19.6 Å². The zero-order valence-electron chi connectivity index (χ0n) is 16.8. The van der Waals surface area contributed by atoms with E-state index < -0.39 is 67.9 Å². The summed E-state index contributed by atoms with van der Waals surface area (Å²) >= 11 is 0. The van der Waals surface area contributed by atoms with Gasteiger partial charge in [-0.15, -0.1) is 0 Å². The van der Waals surface area contributed by atoms with Crippen LogP contribution in [0.5, 0.6) is 0 Å². The molecule has 0 saturated heterocycles. The predicted octanol–water partition coefficient (Wildman–Crippen LogP) is -17.9. The molecule has 32 heavy (non-hydrogen) atoms. The molecule has 0 aromatic heterocycles. The third kappa shape index (κ3) is 16.4. The fourth-order valence-corrected chi connectivity index (χ4v) is 4.45. The Balaban J connectivity index is -0.000000980. The van der Waals surface area contributed by atoms with Crippen LogP contribution in [-0.4, -0.2) is 66.4 Å². The molecule has 168 valence electrons. The largest absolute Gasteiger partial charge is 1.00 e. The van der Waals surface area contributed by atoms with E-state index in [2.05, 4.69) is 18.1 Å². The molecule has 6 N–H and O–H groups in total. The quantitative estimate of drug-likeness (QED) is 0.113. The average molecular weight is 588 g/mol. The van der Waals surface area contributed by atoms with Crippen molar-refractivity contribution in [3.05, 3.63) is 0 Å². The summed E-state index contributed by atoms with van der Waals surface area (Å²) in [4.78, 5) is 78.7. The fraction of sp³-hybridized carbons (Fsp3) is 1.00. The van der Waals surface area contributed by atoms with Gasteiger partial charge in [0.05, 0.1) is 15.6 Å². The van der Waals surface area contributed by atoms with Crippen LogP contribution in [0.15, 0.2) is 0 Å². The topological polar surface area (TPSA) is 319 Å². The van der Waals surface area contributed by atoms with E-state index >= 15 is 0 Å². The molecule has 6 atom stereocenters. The van der Waals surface area contributed by atoms with Gasteiger partial charge in [-0.3, -0.25) is 9.05 Å². The molecule has 1 fully saturated rings. The molecule has 0 bridgehead atoms. The van der Waals surface area contributed by atoms with Crippen LogP contribution in [0.3, 0.4) is 0 Å². The van der Waals surface area contributed by atoms with E-state index in [9.17, 15) is 48.0 Å². The number of hydrogen-bond acceptors (Lipinski definition) is 14. The SMILES string of the molecule is O=P([O-])([O-])OC1C(OP(=O)(O)O)C(OP(=O)(O)O)C(OP(=O)([O-])[O-])[C@@H](O)[C@@H]1O.[Na+].[Na+].[Na+].[Na+]. The van der Waals surface area contributed by atoms with Crippen LogP contribution in [-0.2, 0) is 36.4 Å². The molecule has 1 saturated carbocycles. The Bertz CT molecular complexity index is 682. The minimum Gasteiger partial charge on any atom is -0.790 e. The van der Waals surface area contributed by atoms with Crippen molar-refractivity contribution < 1.29 is 204 Å². The number of hydrogen-bond donors (Lipinski definition) is 6. The molecule has 0 amide bonds. The van der Waals surface area contributed by atoms with E-state index in [0.29, 0.717) is 0 Å². The second-order valence-corrected chi connectivity index (χ2v) is 9.73. The molecule has 1 aliphatic rings. The molecular weight excluding hydrogens is 576 g/mol. The molecule has 1 aliphatic carbocycles. The van der Waals surface area contributed by atoms with Crippen molar-refractivity contribution in [2.24, 2.45) is 0 Å². The Labute approximate surface area is 268 Å². The van der Waals surface area contributed by atoms with Crippen molar-refractivity contribution in [1.82, 2.24) is 0 Å². The van der Waals surface area contributed by atoms with E-state index in [1.807, 2.05) is 0 Å². The van der Waals surface area contributed by atoms with Gasteiger partial charge >= 0.3 is 134 Å². The molecule has 0 spiro atoms. The van der Waals surface area contributed by atoms with Crippen LogP contribution in [0, 0.1) is 0 Å². The van der Waals surface area contributed by atoms with Gasteiger partial charge in [-0.1, -0.05) is 0 Å². The molecule has 0 heterocycles. The van der Waals surface area contributed by atoms with E-state index in [0.717, 1.165) is 0 Å². The first-order chi connectivity index (χ1) is 12.2. The van der Waals surface area contributed by atoms with Crippen LogP contribution in [0.2, 0.25) is 0 Å². The van der Waals surface area contributed by atoms with E-state index in [1.54, 1.807) is 0 Å². The van der Waals surface area contributed by atoms with Gasteiger partial charge < -0.3 is 67.5 Å². The van der Waals surface area contributed by atoms with Crippen LogP contribution in [0.4, 0.5) is 0 Å². The Morgan fingerprint density at radius 1 is 0.500 bits per heavy atom. The summed E-state index contributed by atoms with van der Waals surface area (Å²) in [5, 5.41) is 19.6. The van der Waals surface area contributed by atoms with Gasteiger partial charge in [0.1, 0.15) is 36.6 Å². The van der Waals surface area contributed by atoms with Crippen molar-refractivity contribution in [2.75, 3.05) is 0 Å². The summed E-state index contributed by atoms with van der Waals surface area (Å²) in [5.41, 5.74) is 0. The first kappa shape index (κ1) is 43.4. The standard InChI is InChI=1S/C6H16O18P4.4Na/c7-1-2(8)4(22-26(12,13)14)6(24-28(18,19)20)5(23-27(15,16)17)3(1)21-25(9,10)11;;;;/h1-8H,(H2,9,10,11)(H2,12,13,14)(H2,15,16,17)(H2,18,19,20);;;;/q;4*+1/p-4/t1-,2-,3?,4?,5?,6?;;;;/m0..../s1. The van der Waals surface area contributed by atoms with Crippen molar-refractivity contribution in [1.29, 1.82) is 0 Å². The maximum Gasteiger partial charge on any atom is 1.00 e. The van der Waals surface area contributed by atoms with Gasteiger partial charge in [0.25, 0.3) is 0 Å². The van der Waals surface area contributed by atoms with Gasteiger partial charge in [0, 0.05) is 0 Å². The second kappa shape index (κ2) is 16.5. The maximum absolute atomic E-state index is 11.1. The molecule has 0 aromatic carbocycles. The third-order valence-corrected chi connectivity index (χ3v) is 5.05. The molecule has 4 unspecified atom stereocenters. The zero-order valence-corrected chi connectivity index (χ0v) is 28.4. The van der Waals surface area contributed by atoms with E-state index in [1.165, 1.54) is 0 Å². The zero-order chi connectivity index (χ0) is 22.3. The number of phosphoric ester groups is 4. The summed E-state index contributed by atoms with van der Waals surface area (Å²) in [6.07, 6.45) is -16.7. The maximum atomic E-state index is 11.1. The summed E-state index contributed by atoms with van der Waals surface area (Å²) in [5.74, 6) is 0. The second-order valence-electron chi connectivity index (χ2n) is 5.14. The molecule has 1 rings (SSSR count). The van der Waals surface area contributed by atoms with Crippen molar-refractivity contribution in [3.63, 3.8) is 0 Å². The van der Waals surface area contributed by atoms with Crippen molar-refractivity contribution in [2.45, 2.75) is 36.6 Å². The Morgan fingerprint density at radius 3 is 0.875 bits per heavy atom. The normalized spacial score (nSPS) is 28.9. The minimum atomic E-state index is -6.11. The first-order valence-electron chi connectivity index (χ1n) is 6.45. The molecule has 0 radical (unpaired) electrons. The molecular formula is C6H12Na4O18P4. The van der Waals surface area contributed by atoms with Gasteiger partial charge in [-0.25, -0.2) is 9.13 Å². The van der Waals surface area contributed by atoms with Crippen LogP contribution < -0.4 is 138 Å². The van der Waals surface area contributed by atoms with E-state index in [-0.39, 0.29) is 118 Å². The summed E-state index contributed by atoms with van der Waals surface area (Å²) in [6, 6.07) is 0. The molecule has 18 nitrogen and oxygen atoms in total. The van der Waals surface area contributed by atoms with Crippen LogP contribution >= 0.6 is 31.3 Å². The predicted molar refractivity (Wildman–Crippen MR) is 70.8 cm³/mol. The Hall–Kier alpha value is 4.36. The molecule has 26 heteroatoms. The number of rotatable bonds is 8. The number of phosphoric acid groups is 4. The molecule has 0 aliphatic heterocycles. The number of aliphatic hydroxyl groups excluding tert-OH is 2. The van der Waals surface area contributed by atoms with Crippen LogP contribution in [0.1, 0.15) is 0 Å². The average Bonchev–Trinajstić information content (AvgIpc) is 2.39. The van der Waals surface area contributed by atoms with Crippen LogP contribution in [0.25, 0.3) is 0 Å². The monoisotopic (exact) mass is 588 g/mol. The summed E-state index contributed by atoms with van der Waals surface area (Å²) in [6.45, 7) is 0. The number of aliphatic hydroxyl groups is 2. The van der Waals surface area contributed by atoms with Gasteiger partial charge in [0.15, 0.2) is 0 Å². The smallest absolute Gasteiger partial charge is 0.790 e. The Kier molecular flexibility index (Phi) is 22.3. The third-order valence-electron chi connectivity index (χ3n) is 3.01. The summed E-state index contributed by atoms with van der Waals surface area (Å²) in [7, 11) is -23.7. The first-order valence-corrected chi connectivity index (χ1v) is 12.4. The minimum absolute atomic E-state index is 0. The fourth-order valence-electron chi connectivity index (χ4n) is 2.25. The molecule has 0 aromatic rings. The van der Waals surface area contributed by atoms with Crippen molar-refractivity contribution >= 4 is 31.3 Å².